The Morgan fingerprint density at radius 2 is 1.62 bits per heavy atom. The Hall–Kier alpha value is -1.14. The van der Waals surface area contributed by atoms with Crippen molar-refractivity contribution in [2.75, 3.05) is 52.5 Å². The fourth-order valence-corrected chi connectivity index (χ4v) is 2.81. The predicted octanol–water partition coefficient (Wildman–Crippen LogP) is 0.228. The van der Waals surface area contributed by atoms with Crippen LogP contribution in [0.3, 0.4) is 0 Å². The van der Waals surface area contributed by atoms with Crippen LogP contribution in [-0.4, -0.2) is 74.1 Å². The first-order valence-electron chi connectivity index (χ1n) is 8.10. The van der Waals surface area contributed by atoms with Crippen molar-refractivity contribution >= 4 is 11.8 Å². The first-order chi connectivity index (χ1) is 10.3. The van der Waals surface area contributed by atoms with Crippen molar-refractivity contribution < 1.29 is 14.3 Å². The predicted molar refractivity (Wildman–Crippen MR) is 79.9 cm³/mol. The van der Waals surface area contributed by atoms with Crippen LogP contribution < -0.4 is 5.32 Å². The molecule has 0 bridgehead atoms. The quantitative estimate of drug-likeness (QED) is 0.738. The van der Waals surface area contributed by atoms with Crippen LogP contribution in [0, 0.1) is 0 Å². The van der Waals surface area contributed by atoms with Crippen LogP contribution in [0.25, 0.3) is 0 Å². The zero-order valence-corrected chi connectivity index (χ0v) is 12.8. The minimum atomic E-state index is -0.155. The summed E-state index contributed by atoms with van der Waals surface area (Å²) in [5.41, 5.74) is 0. The number of amides is 2. The van der Waals surface area contributed by atoms with Gasteiger partial charge in [-0.15, -0.1) is 0 Å². The second kappa shape index (κ2) is 9.00. The highest BCUT2D eigenvalue weighted by Crippen LogP contribution is 2.10. The fraction of sp³-hybridized carbons (Fsp3) is 0.867. The number of likely N-dealkylation sites (tertiary alicyclic amines) is 1. The molecular formula is C15H27N3O3. The second-order valence-corrected chi connectivity index (χ2v) is 5.78. The lowest BCUT2D eigenvalue weighted by Crippen LogP contribution is -2.42. The maximum atomic E-state index is 12.1. The van der Waals surface area contributed by atoms with Gasteiger partial charge in [0.25, 0.3) is 0 Å². The average molecular weight is 297 g/mol. The van der Waals surface area contributed by atoms with E-state index >= 15 is 0 Å². The van der Waals surface area contributed by atoms with Gasteiger partial charge >= 0.3 is 0 Å². The summed E-state index contributed by atoms with van der Waals surface area (Å²) in [7, 11) is 0. The summed E-state index contributed by atoms with van der Waals surface area (Å²) in [4.78, 5) is 28.0. The molecular weight excluding hydrogens is 270 g/mol. The van der Waals surface area contributed by atoms with Gasteiger partial charge in [0, 0.05) is 39.3 Å². The molecule has 1 N–H and O–H groups in total. The van der Waals surface area contributed by atoms with Crippen LogP contribution in [0.15, 0.2) is 0 Å². The molecule has 0 aromatic heterocycles. The van der Waals surface area contributed by atoms with E-state index in [9.17, 15) is 9.59 Å². The van der Waals surface area contributed by atoms with Gasteiger partial charge in [0.1, 0.15) is 6.42 Å². The molecule has 0 saturated carbocycles. The van der Waals surface area contributed by atoms with Crippen LogP contribution in [0.1, 0.15) is 32.1 Å². The number of carbonyl (C=O) groups is 2. The summed E-state index contributed by atoms with van der Waals surface area (Å²) in [6, 6.07) is 0. The van der Waals surface area contributed by atoms with Gasteiger partial charge in [-0.25, -0.2) is 0 Å². The lowest BCUT2D eigenvalue weighted by atomic mass is 10.2. The number of rotatable bonds is 5. The molecule has 0 atom stereocenters. The van der Waals surface area contributed by atoms with Crippen molar-refractivity contribution in [3.63, 3.8) is 0 Å². The molecule has 2 aliphatic rings. The molecule has 2 aliphatic heterocycles. The molecule has 6 nitrogen and oxygen atoms in total. The van der Waals surface area contributed by atoms with Crippen molar-refractivity contribution in [2.24, 2.45) is 0 Å². The number of morpholine rings is 1. The summed E-state index contributed by atoms with van der Waals surface area (Å²) in [5.74, 6) is -0.182. The van der Waals surface area contributed by atoms with E-state index in [2.05, 4.69) is 10.2 Å². The third-order valence-electron chi connectivity index (χ3n) is 4.12. The number of hydrogen-bond acceptors (Lipinski definition) is 4. The van der Waals surface area contributed by atoms with Crippen molar-refractivity contribution in [1.29, 1.82) is 0 Å². The van der Waals surface area contributed by atoms with E-state index in [1.807, 2.05) is 4.90 Å². The third kappa shape index (κ3) is 6.01. The van der Waals surface area contributed by atoms with Crippen molar-refractivity contribution in [3.8, 4) is 0 Å². The summed E-state index contributed by atoms with van der Waals surface area (Å²) in [6.45, 7) is 6.41. The number of ether oxygens (including phenoxy) is 1. The molecule has 0 spiro atoms. The monoisotopic (exact) mass is 297 g/mol. The van der Waals surface area contributed by atoms with E-state index in [1.54, 1.807) is 0 Å². The Kier molecular flexibility index (Phi) is 6.95. The van der Waals surface area contributed by atoms with Gasteiger partial charge in [-0.2, -0.15) is 0 Å². The van der Waals surface area contributed by atoms with E-state index < -0.39 is 0 Å². The average Bonchev–Trinajstić information content (AvgIpc) is 2.77. The number of carbonyl (C=O) groups excluding carboxylic acids is 2. The number of hydrogen-bond donors (Lipinski definition) is 1. The van der Waals surface area contributed by atoms with E-state index in [-0.39, 0.29) is 18.2 Å². The SMILES string of the molecule is O=C(CC(=O)N1CCCCCC1)NCCN1CCOCC1. The van der Waals surface area contributed by atoms with Crippen molar-refractivity contribution in [2.45, 2.75) is 32.1 Å². The van der Waals surface area contributed by atoms with Crippen LogP contribution in [0.5, 0.6) is 0 Å². The van der Waals surface area contributed by atoms with Crippen molar-refractivity contribution in [1.82, 2.24) is 15.1 Å². The van der Waals surface area contributed by atoms with Gasteiger partial charge in [-0.05, 0) is 12.8 Å². The number of nitrogens with zero attached hydrogens (tertiary/aromatic N) is 2. The third-order valence-corrected chi connectivity index (χ3v) is 4.12. The fourth-order valence-electron chi connectivity index (χ4n) is 2.81. The minimum absolute atomic E-state index is 0.0108. The van der Waals surface area contributed by atoms with Crippen LogP contribution in [0.4, 0.5) is 0 Å². The van der Waals surface area contributed by atoms with Gasteiger partial charge in [0.15, 0.2) is 0 Å². The molecule has 2 saturated heterocycles. The summed E-state index contributed by atoms with van der Waals surface area (Å²) < 4.78 is 5.28. The maximum absolute atomic E-state index is 12.1. The zero-order chi connectivity index (χ0) is 14.9. The van der Waals surface area contributed by atoms with E-state index in [0.717, 1.165) is 58.8 Å². The van der Waals surface area contributed by atoms with Gasteiger partial charge < -0.3 is 15.0 Å². The molecule has 2 heterocycles. The standard InChI is InChI=1S/C15H27N3O3/c19-14(16-5-8-17-9-11-21-12-10-17)13-15(20)18-6-3-1-2-4-7-18/h1-13H2,(H,16,19). The first kappa shape index (κ1) is 16.2. The molecule has 0 aromatic rings. The molecule has 0 aromatic carbocycles. The molecule has 6 heteroatoms. The second-order valence-electron chi connectivity index (χ2n) is 5.78. The highest BCUT2D eigenvalue weighted by atomic mass is 16.5. The molecule has 0 aliphatic carbocycles. The smallest absolute Gasteiger partial charge is 0.232 e. The highest BCUT2D eigenvalue weighted by Gasteiger charge is 2.18. The van der Waals surface area contributed by atoms with Gasteiger partial charge in [-0.1, -0.05) is 12.8 Å². The van der Waals surface area contributed by atoms with Crippen molar-refractivity contribution in [3.05, 3.63) is 0 Å². The first-order valence-corrected chi connectivity index (χ1v) is 8.10. The Morgan fingerprint density at radius 1 is 0.952 bits per heavy atom. The highest BCUT2D eigenvalue weighted by molar-refractivity contribution is 5.96. The molecule has 2 amide bonds. The van der Waals surface area contributed by atoms with Crippen LogP contribution >= 0.6 is 0 Å². The van der Waals surface area contributed by atoms with E-state index in [4.69, 9.17) is 4.74 Å². The lowest BCUT2D eigenvalue weighted by molar-refractivity contribution is -0.136. The Balaban J connectivity index is 1.60. The minimum Gasteiger partial charge on any atom is -0.379 e. The molecule has 0 radical (unpaired) electrons. The van der Waals surface area contributed by atoms with Gasteiger partial charge in [-0.3, -0.25) is 14.5 Å². The van der Waals surface area contributed by atoms with E-state index in [1.165, 1.54) is 12.8 Å². The summed E-state index contributed by atoms with van der Waals surface area (Å²) in [5, 5.41) is 2.85. The maximum Gasteiger partial charge on any atom is 0.232 e. The molecule has 21 heavy (non-hydrogen) atoms. The molecule has 2 fully saturated rings. The van der Waals surface area contributed by atoms with Crippen LogP contribution in [0.2, 0.25) is 0 Å². The normalized spacial score (nSPS) is 20.9. The summed E-state index contributed by atoms with van der Waals surface area (Å²) >= 11 is 0. The van der Waals surface area contributed by atoms with Gasteiger partial charge in [0.2, 0.25) is 11.8 Å². The zero-order valence-electron chi connectivity index (χ0n) is 12.8. The molecule has 2 rings (SSSR count). The van der Waals surface area contributed by atoms with E-state index in [0.29, 0.717) is 6.54 Å². The Morgan fingerprint density at radius 3 is 2.29 bits per heavy atom. The molecule has 0 unspecified atom stereocenters. The number of nitrogens with one attached hydrogen (secondary N) is 1. The van der Waals surface area contributed by atoms with Gasteiger partial charge in [0.05, 0.1) is 13.2 Å². The summed E-state index contributed by atoms with van der Waals surface area (Å²) in [6.07, 6.45) is 4.49. The Labute approximate surface area is 126 Å². The Bertz CT molecular complexity index is 335. The molecule has 120 valence electrons. The lowest BCUT2D eigenvalue weighted by Gasteiger charge is -2.26. The topological polar surface area (TPSA) is 61.9 Å². The largest absolute Gasteiger partial charge is 0.379 e. The van der Waals surface area contributed by atoms with Crippen LogP contribution in [-0.2, 0) is 14.3 Å².